The van der Waals surface area contributed by atoms with Crippen molar-refractivity contribution < 1.29 is 23.0 Å². The number of likely N-dealkylation sites (tertiary alicyclic amines) is 1. The molecule has 0 spiro atoms. The van der Waals surface area contributed by atoms with Gasteiger partial charge in [-0.2, -0.15) is 5.26 Å². The molecule has 2 atom stereocenters. The van der Waals surface area contributed by atoms with Gasteiger partial charge in [-0.25, -0.2) is 23.5 Å². The molecule has 1 amide bonds. The summed E-state index contributed by atoms with van der Waals surface area (Å²) < 4.78 is 40.3. The Hall–Kier alpha value is -3.52. The van der Waals surface area contributed by atoms with Crippen molar-refractivity contribution in [3.8, 4) is 11.9 Å². The van der Waals surface area contributed by atoms with E-state index < -0.39 is 34.8 Å². The monoisotopic (exact) mass is 528 g/mol. The molecule has 2 N–H and O–H groups in total. The van der Waals surface area contributed by atoms with Gasteiger partial charge in [-0.1, -0.05) is 0 Å². The first-order valence-electron chi connectivity index (χ1n) is 12.9. The zero-order chi connectivity index (χ0) is 27.3. The van der Waals surface area contributed by atoms with Gasteiger partial charge < -0.3 is 25.0 Å². The second-order valence-electron chi connectivity index (χ2n) is 10.9. The molecule has 0 radical (unpaired) electrons. The fourth-order valence-electron chi connectivity index (χ4n) is 5.06. The van der Waals surface area contributed by atoms with Crippen LogP contribution in [0.4, 0.5) is 13.6 Å². The maximum atomic E-state index is 14.9. The van der Waals surface area contributed by atoms with E-state index in [4.69, 9.17) is 14.7 Å². The number of ether oxygens (including phenoxy) is 2. The molecule has 2 saturated heterocycles. The van der Waals surface area contributed by atoms with Crippen LogP contribution in [0.1, 0.15) is 57.3 Å². The van der Waals surface area contributed by atoms with Gasteiger partial charge in [0.15, 0.2) is 17.8 Å². The summed E-state index contributed by atoms with van der Waals surface area (Å²) in [5.41, 5.74) is -1.94. The van der Waals surface area contributed by atoms with Crippen LogP contribution in [0.3, 0.4) is 0 Å². The lowest BCUT2D eigenvalue weighted by molar-refractivity contribution is 0.0444. The number of nitrogens with one attached hydrogen (secondary N) is 2. The summed E-state index contributed by atoms with van der Waals surface area (Å²) >= 11 is 0. The van der Waals surface area contributed by atoms with Crippen molar-refractivity contribution in [1.82, 2.24) is 25.5 Å². The minimum absolute atomic E-state index is 0.109. The highest BCUT2D eigenvalue weighted by atomic mass is 19.1. The molecule has 0 aliphatic carbocycles. The minimum Gasteiger partial charge on any atom is -0.490 e. The zero-order valence-electron chi connectivity index (χ0n) is 22.0. The van der Waals surface area contributed by atoms with Crippen molar-refractivity contribution in [2.24, 2.45) is 5.92 Å². The molecule has 204 valence electrons. The van der Waals surface area contributed by atoms with Crippen LogP contribution < -0.4 is 15.4 Å². The number of nitriles is 1. The molecule has 9 nitrogen and oxygen atoms in total. The maximum Gasteiger partial charge on any atom is 0.408 e. The lowest BCUT2D eigenvalue weighted by atomic mass is 9.80. The maximum absolute atomic E-state index is 14.9. The number of aromatic nitrogens is 2. The van der Waals surface area contributed by atoms with E-state index in [0.29, 0.717) is 18.3 Å². The van der Waals surface area contributed by atoms with E-state index in [1.54, 1.807) is 25.7 Å². The van der Waals surface area contributed by atoms with Crippen LogP contribution in [0.5, 0.6) is 5.75 Å². The largest absolute Gasteiger partial charge is 0.490 e. The number of carbonyl (C=O) groups excluding carboxylic acids is 1. The highest BCUT2D eigenvalue weighted by molar-refractivity contribution is 5.69. The Bertz CT molecular complexity index is 1160. The van der Waals surface area contributed by atoms with Gasteiger partial charge in [0.2, 0.25) is 0 Å². The highest BCUT2D eigenvalue weighted by Crippen LogP contribution is 2.40. The third-order valence-corrected chi connectivity index (χ3v) is 6.98. The van der Waals surface area contributed by atoms with Gasteiger partial charge in [0.25, 0.3) is 0 Å². The molecule has 2 aromatic rings. The zero-order valence-corrected chi connectivity index (χ0v) is 22.0. The molecule has 1 aromatic carbocycles. The van der Waals surface area contributed by atoms with Crippen molar-refractivity contribution >= 4 is 6.09 Å². The summed E-state index contributed by atoms with van der Waals surface area (Å²) in [5.74, 6) is -0.670. The molecular weight excluding hydrogens is 494 g/mol. The van der Waals surface area contributed by atoms with Crippen LogP contribution >= 0.6 is 0 Å². The van der Waals surface area contributed by atoms with Gasteiger partial charge in [-0.15, -0.1) is 0 Å². The number of rotatable bonds is 7. The van der Waals surface area contributed by atoms with Gasteiger partial charge in [0, 0.05) is 32.1 Å². The first kappa shape index (κ1) is 27.5. The molecule has 38 heavy (non-hydrogen) atoms. The van der Waals surface area contributed by atoms with E-state index in [2.05, 4.69) is 26.8 Å². The van der Waals surface area contributed by atoms with E-state index in [1.807, 2.05) is 0 Å². The lowest BCUT2D eigenvalue weighted by Gasteiger charge is -2.35. The number of carbonyl (C=O) groups is 1. The summed E-state index contributed by atoms with van der Waals surface area (Å²) in [6.45, 7) is 7.71. The Morgan fingerprint density at radius 3 is 2.63 bits per heavy atom. The number of halogens is 2. The molecule has 2 aliphatic rings. The topological polar surface area (TPSA) is 112 Å². The van der Waals surface area contributed by atoms with Crippen molar-refractivity contribution in [3.63, 3.8) is 0 Å². The van der Waals surface area contributed by atoms with E-state index in [9.17, 15) is 13.6 Å². The Balaban J connectivity index is 1.52. The lowest BCUT2D eigenvalue weighted by Crippen LogP contribution is -2.53. The Morgan fingerprint density at radius 1 is 1.26 bits per heavy atom. The van der Waals surface area contributed by atoms with Crippen LogP contribution in [0.2, 0.25) is 0 Å². The molecule has 0 saturated carbocycles. The summed E-state index contributed by atoms with van der Waals surface area (Å²) in [4.78, 5) is 23.6. The molecule has 1 aromatic heterocycles. The fourth-order valence-corrected chi connectivity index (χ4v) is 5.06. The second-order valence-corrected chi connectivity index (χ2v) is 10.9. The van der Waals surface area contributed by atoms with Crippen LogP contribution in [0, 0.1) is 29.0 Å². The predicted molar refractivity (Wildman–Crippen MR) is 135 cm³/mol. The molecule has 0 bridgehead atoms. The highest BCUT2D eigenvalue weighted by Gasteiger charge is 2.50. The average molecular weight is 529 g/mol. The average Bonchev–Trinajstić information content (AvgIpc) is 3.29. The fraction of sp³-hybridized carbons (Fsp3) is 0.556. The summed E-state index contributed by atoms with van der Waals surface area (Å²) in [7, 11) is 0. The smallest absolute Gasteiger partial charge is 0.408 e. The Kier molecular flexibility index (Phi) is 8.31. The van der Waals surface area contributed by atoms with E-state index in [-0.39, 0.29) is 24.5 Å². The summed E-state index contributed by atoms with van der Waals surface area (Å²) in [6, 6.07) is 3.26. The molecular formula is C27H34F2N6O3. The van der Waals surface area contributed by atoms with Gasteiger partial charge >= 0.3 is 6.09 Å². The van der Waals surface area contributed by atoms with Gasteiger partial charge in [0.1, 0.15) is 22.8 Å². The van der Waals surface area contributed by atoms with Crippen LogP contribution in [0.15, 0.2) is 30.6 Å². The SMILES string of the molecule is CC(C)(C)OC(=O)N[C@@]1(c2ncc(OCCC3CCN(C#N)CC3)cn2)CNC[C@@H]1c1cc(F)ccc1F. The normalized spacial score (nSPS) is 22.1. The molecule has 3 heterocycles. The third kappa shape index (κ3) is 6.48. The summed E-state index contributed by atoms with van der Waals surface area (Å²) in [5, 5.41) is 15.0. The number of alkyl carbamates (subject to hydrolysis) is 1. The number of hydrogen-bond donors (Lipinski definition) is 2. The molecule has 4 rings (SSSR count). The first-order valence-corrected chi connectivity index (χ1v) is 12.9. The minimum atomic E-state index is -1.29. The van der Waals surface area contributed by atoms with Crippen LogP contribution in [-0.2, 0) is 10.3 Å². The van der Waals surface area contributed by atoms with Crippen molar-refractivity contribution in [3.05, 3.63) is 53.6 Å². The van der Waals surface area contributed by atoms with E-state index in [0.717, 1.165) is 50.6 Å². The molecule has 2 aliphatic heterocycles. The van der Waals surface area contributed by atoms with E-state index >= 15 is 0 Å². The van der Waals surface area contributed by atoms with Gasteiger partial charge in [0.05, 0.1) is 19.0 Å². The molecule has 0 unspecified atom stereocenters. The van der Waals surface area contributed by atoms with Gasteiger partial charge in [-0.3, -0.25) is 0 Å². The molecule has 2 fully saturated rings. The standard InChI is InChI=1S/C27H34F2N6O3/c1-26(2,3)38-25(36)34-27(16-31-15-22(27)21-12-19(28)4-5-23(21)29)24-32-13-20(14-33-24)37-11-8-18-6-9-35(17-30)10-7-18/h4-5,12-14,18,22,31H,6-11,15-16H2,1-3H3,(H,34,36)/t22-,27+/m1/s1. The Labute approximate surface area is 221 Å². The quantitative estimate of drug-likeness (QED) is 0.522. The van der Waals surface area contributed by atoms with Crippen molar-refractivity contribution in [2.45, 2.75) is 57.1 Å². The third-order valence-electron chi connectivity index (χ3n) is 6.98. The van der Waals surface area contributed by atoms with E-state index in [1.165, 1.54) is 12.4 Å². The summed E-state index contributed by atoms with van der Waals surface area (Å²) in [6.07, 6.45) is 7.29. The number of nitrogens with zero attached hydrogens (tertiary/aromatic N) is 4. The Morgan fingerprint density at radius 2 is 1.97 bits per heavy atom. The second kappa shape index (κ2) is 11.5. The number of amides is 1. The van der Waals surface area contributed by atoms with Gasteiger partial charge in [-0.05, 0) is 69.7 Å². The van der Waals surface area contributed by atoms with Crippen molar-refractivity contribution in [1.29, 1.82) is 5.26 Å². The van der Waals surface area contributed by atoms with Crippen LogP contribution in [-0.4, -0.2) is 59.3 Å². The predicted octanol–water partition coefficient (Wildman–Crippen LogP) is 3.82. The van der Waals surface area contributed by atoms with Crippen LogP contribution in [0.25, 0.3) is 0 Å². The number of benzene rings is 1. The molecule has 11 heteroatoms. The van der Waals surface area contributed by atoms with Crippen molar-refractivity contribution in [2.75, 3.05) is 32.8 Å². The number of hydrogen-bond acceptors (Lipinski definition) is 8. The number of piperidine rings is 1. The first-order chi connectivity index (χ1) is 18.1.